The molecule has 0 bridgehead atoms. The van der Waals surface area contributed by atoms with E-state index in [-0.39, 0.29) is 5.41 Å². The van der Waals surface area contributed by atoms with Crippen LogP contribution in [0.2, 0.25) is 0 Å². The summed E-state index contributed by atoms with van der Waals surface area (Å²) in [6.07, 6.45) is 2.09. The predicted octanol–water partition coefficient (Wildman–Crippen LogP) is 3.47. The first-order valence-electron chi connectivity index (χ1n) is 3.97. The monoisotopic (exact) mass is 201 g/mol. The Morgan fingerprint density at radius 1 is 1.33 bits per heavy atom. The summed E-state index contributed by atoms with van der Waals surface area (Å²) in [7, 11) is 0. The molecule has 1 nitrogen and oxygen atoms in total. The number of rotatable bonds is 1. The average molecular weight is 201 g/mol. The molecule has 0 aliphatic rings. The van der Waals surface area contributed by atoms with E-state index in [2.05, 4.69) is 38.3 Å². The first-order valence-corrected chi connectivity index (χ1v) is 5.97. The third-order valence-corrected chi connectivity index (χ3v) is 3.32. The van der Waals surface area contributed by atoms with E-state index >= 15 is 0 Å². The Morgan fingerprint density at radius 3 is 2.25 bits per heavy atom. The lowest BCUT2D eigenvalue weighted by atomic mass is 9.88. The van der Waals surface area contributed by atoms with Crippen LogP contribution in [0.1, 0.15) is 31.2 Å². The van der Waals surface area contributed by atoms with Crippen LogP contribution in [0, 0.1) is 6.92 Å². The lowest BCUT2D eigenvalue weighted by molar-refractivity contribution is 0.574. The maximum absolute atomic E-state index is 4.41. The number of hydrogen-bond donors (Lipinski definition) is 0. The molecule has 0 atom stereocenters. The lowest BCUT2D eigenvalue weighted by Crippen LogP contribution is -2.12. The van der Waals surface area contributed by atoms with Crippen LogP contribution in [0.25, 0.3) is 0 Å². The number of aromatic nitrogens is 1. The molecule has 0 aromatic carbocycles. The second-order valence-electron chi connectivity index (χ2n) is 3.87. The summed E-state index contributed by atoms with van der Waals surface area (Å²) in [5.41, 5.74) is 1.65. The summed E-state index contributed by atoms with van der Waals surface area (Å²) in [6, 6.07) is 0. The molecular weight excluding hydrogens is 186 g/mol. The van der Waals surface area contributed by atoms with Gasteiger partial charge in [-0.1, -0.05) is 20.8 Å². The maximum atomic E-state index is 4.41. The first-order chi connectivity index (χ1) is 5.46. The van der Waals surface area contributed by atoms with Crippen molar-refractivity contribution in [3.63, 3.8) is 0 Å². The quantitative estimate of drug-likeness (QED) is 0.645. The minimum atomic E-state index is 0.232. The van der Waals surface area contributed by atoms with Gasteiger partial charge < -0.3 is 0 Å². The molecule has 0 saturated heterocycles. The van der Waals surface area contributed by atoms with Crippen molar-refractivity contribution in [1.82, 2.24) is 4.37 Å². The van der Waals surface area contributed by atoms with Crippen LogP contribution in [0.15, 0.2) is 5.03 Å². The fourth-order valence-corrected chi connectivity index (χ4v) is 3.28. The van der Waals surface area contributed by atoms with Crippen LogP contribution in [0.4, 0.5) is 0 Å². The summed E-state index contributed by atoms with van der Waals surface area (Å²) in [4.78, 5) is 1.35. The van der Waals surface area contributed by atoms with Crippen molar-refractivity contribution in [2.24, 2.45) is 0 Å². The molecule has 0 radical (unpaired) electrons. The van der Waals surface area contributed by atoms with Crippen LogP contribution in [0.3, 0.4) is 0 Å². The number of nitrogens with zero attached hydrogens (tertiary/aromatic N) is 1. The van der Waals surface area contributed by atoms with Gasteiger partial charge in [-0.2, -0.15) is 4.37 Å². The molecule has 68 valence electrons. The van der Waals surface area contributed by atoms with Crippen molar-refractivity contribution in [2.45, 2.75) is 38.1 Å². The average Bonchev–Trinajstić information content (AvgIpc) is 2.29. The van der Waals surface area contributed by atoms with Crippen LogP contribution >= 0.6 is 23.3 Å². The van der Waals surface area contributed by atoms with E-state index in [9.17, 15) is 0 Å². The molecule has 1 rings (SSSR count). The molecule has 0 fully saturated rings. The third kappa shape index (κ3) is 1.83. The zero-order chi connectivity index (χ0) is 9.35. The largest absolute Gasteiger partial charge is 0.186 e. The van der Waals surface area contributed by atoms with Gasteiger partial charge in [-0.3, -0.25) is 0 Å². The minimum Gasteiger partial charge on any atom is -0.186 e. The van der Waals surface area contributed by atoms with E-state index in [0.717, 1.165) is 0 Å². The molecule has 0 aliphatic heterocycles. The SMILES string of the molecule is CSc1nsc(C)c1C(C)(C)C. The summed E-state index contributed by atoms with van der Waals surface area (Å²) >= 11 is 3.35. The van der Waals surface area contributed by atoms with Crippen molar-refractivity contribution in [2.75, 3.05) is 6.26 Å². The van der Waals surface area contributed by atoms with Gasteiger partial charge >= 0.3 is 0 Å². The van der Waals surface area contributed by atoms with Gasteiger partial charge in [0.05, 0.1) is 0 Å². The Morgan fingerprint density at radius 2 is 1.92 bits per heavy atom. The molecule has 0 spiro atoms. The molecule has 0 unspecified atom stereocenters. The molecule has 1 aromatic heterocycles. The van der Waals surface area contributed by atoms with E-state index in [0.29, 0.717) is 0 Å². The maximum Gasteiger partial charge on any atom is 0.114 e. The van der Waals surface area contributed by atoms with Crippen LogP contribution in [0.5, 0.6) is 0 Å². The second-order valence-corrected chi connectivity index (χ2v) is 5.65. The van der Waals surface area contributed by atoms with Gasteiger partial charge in [0.15, 0.2) is 0 Å². The highest BCUT2D eigenvalue weighted by atomic mass is 32.2. The van der Waals surface area contributed by atoms with E-state index in [1.165, 1.54) is 15.5 Å². The highest BCUT2D eigenvalue weighted by Gasteiger charge is 2.22. The first kappa shape index (κ1) is 10.1. The van der Waals surface area contributed by atoms with Crippen LogP contribution < -0.4 is 0 Å². The zero-order valence-corrected chi connectivity index (χ0v) is 9.90. The smallest absolute Gasteiger partial charge is 0.114 e. The fourth-order valence-electron chi connectivity index (χ4n) is 1.34. The molecule has 0 aliphatic carbocycles. The minimum absolute atomic E-state index is 0.232. The molecule has 0 N–H and O–H groups in total. The second kappa shape index (κ2) is 3.38. The van der Waals surface area contributed by atoms with E-state index in [1.54, 1.807) is 23.3 Å². The van der Waals surface area contributed by atoms with Gasteiger partial charge in [0.25, 0.3) is 0 Å². The van der Waals surface area contributed by atoms with Gasteiger partial charge in [-0.25, -0.2) is 0 Å². The Bertz CT molecular complexity index is 271. The Kier molecular flexibility index (Phi) is 2.84. The summed E-state index contributed by atoms with van der Waals surface area (Å²) in [5.74, 6) is 0. The van der Waals surface area contributed by atoms with Gasteiger partial charge in [0.1, 0.15) is 5.03 Å². The molecule has 12 heavy (non-hydrogen) atoms. The highest BCUT2D eigenvalue weighted by molar-refractivity contribution is 7.98. The van der Waals surface area contributed by atoms with Gasteiger partial charge in [0, 0.05) is 10.4 Å². The van der Waals surface area contributed by atoms with Gasteiger partial charge in [0.2, 0.25) is 0 Å². The Labute approximate surface area is 82.7 Å². The van der Waals surface area contributed by atoms with Crippen LogP contribution in [-0.2, 0) is 5.41 Å². The van der Waals surface area contributed by atoms with Crippen molar-refractivity contribution >= 4 is 23.3 Å². The van der Waals surface area contributed by atoms with Crippen molar-refractivity contribution in [1.29, 1.82) is 0 Å². The number of aryl methyl sites for hydroxylation is 1. The molecule has 1 heterocycles. The topological polar surface area (TPSA) is 12.9 Å². The Balaban J connectivity index is 3.19. The molecule has 1 aromatic rings. The Hall–Kier alpha value is -0.0200. The molecule has 3 heteroatoms. The number of hydrogen-bond acceptors (Lipinski definition) is 3. The van der Waals surface area contributed by atoms with E-state index in [4.69, 9.17) is 0 Å². The lowest BCUT2D eigenvalue weighted by Gasteiger charge is -2.19. The molecule has 0 saturated carbocycles. The van der Waals surface area contributed by atoms with Crippen molar-refractivity contribution in [3.05, 3.63) is 10.4 Å². The third-order valence-electron chi connectivity index (χ3n) is 1.77. The van der Waals surface area contributed by atoms with Crippen molar-refractivity contribution in [3.8, 4) is 0 Å². The highest BCUT2D eigenvalue weighted by Crippen LogP contribution is 2.35. The fraction of sp³-hybridized carbons (Fsp3) is 0.667. The van der Waals surface area contributed by atoms with E-state index < -0.39 is 0 Å². The summed E-state index contributed by atoms with van der Waals surface area (Å²) in [5, 5.41) is 1.20. The van der Waals surface area contributed by atoms with Gasteiger partial charge in [-0.05, 0) is 30.1 Å². The zero-order valence-electron chi connectivity index (χ0n) is 8.26. The van der Waals surface area contributed by atoms with Crippen molar-refractivity contribution < 1.29 is 0 Å². The van der Waals surface area contributed by atoms with E-state index in [1.807, 2.05) is 0 Å². The van der Waals surface area contributed by atoms with Crippen LogP contribution in [-0.4, -0.2) is 10.6 Å². The predicted molar refractivity (Wildman–Crippen MR) is 57.3 cm³/mol. The molecule has 0 amide bonds. The normalized spacial score (nSPS) is 12.1. The summed E-state index contributed by atoms with van der Waals surface area (Å²) < 4.78 is 4.41. The molecular formula is C9H15NS2. The standard InChI is InChI=1S/C9H15NS2/c1-6-7(9(2,3)4)8(11-5)10-12-6/h1-5H3. The number of thioether (sulfide) groups is 1. The van der Waals surface area contributed by atoms with Gasteiger partial charge in [-0.15, -0.1) is 11.8 Å². The summed E-state index contributed by atoms with van der Waals surface area (Å²) in [6.45, 7) is 8.87.